The number of hydrogen-bond donors (Lipinski definition) is 3. The fraction of sp³-hybridized carbons (Fsp3) is 0.429. The van der Waals surface area contributed by atoms with Crippen molar-refractivity contribution in [3.8, 4) is 0 Å². The summed E-state index contributed by atoms with van der Waals surface area (Å²) in [6, 6.07) is 0. The maximum atomic E-state index is 9.32. The van der Waals surface area contributed by atoms with Gasteiger partial charge in [0.1, 0.15) is 5.72 Å². The van der Waals surface area contributed by atoms with Gasteiger partial charge < -0.3 is 10.2 Å². The molecule has 0 aromatic heterocycles. The first-order chi connectivity index (χ1) is 4.52. The van der Waals surface area contributed by atoms with E-state index in [1.54, 1.807) is 13.0 Å². The molecule has 0 spiro atoms. The van der Waals surface area contributed by atoms with Crippen molar-refractivity contribution in [3.05, 3.63) is 23.5 Å². The summed E-state index contributed by atoms with van der Waals surface area (Å²) < 4.78 is 0. The quantitative estimate of drug-likeness (QED) is 0.428. The van der Waals surface area contributed by atoms with Gasteiger partial charge in [-0.1, -0.05) is 6.08 Å². The van der Waals surface area contributed by atoms with Gasteiger partial charge in [0.2, 0.25) is 0 Å². The van der Waals surface area contributed by atoms with Gasteiger partial charge in [-0.15, -0.1) is 0 Å². The molecular weight excluding hydrogens is 130 g/mol. The lowest BCUT2D eigenvalue weighted by atomic mass is 9.96. The minimum absolute atomic E-state index is 0.106. The molecule has 0 bridgehead atoms. The van der Waals surface area contributed by atoms with Crippen LogP contribution >= 0.6 is 0 Å². The average Bonchev–Trinajstić information content (AvgIpc) is 1.78. The van der Waals surface area contributed by atoms with Crippen LogP contribution in [0.3, 0.4) is 0 Å². The lowest BCUT2D eigenvalue weighted by Crippen LogP contribution is -2.42. The second-order valence-corrected chi connectivity index (χ2v) is 2.61. The molecular formula is C7H11NO2. The van der Waals surface area contributed by atoms with Gasteiger partial charge in [-0.25, -0.2) is 0 Å². The van der Waals surface area contributed by atoms with E-state index in [2.05, 4.69) is 0 Å². The monoisotopic (exact) mass is 141 g/mol. The van der Waals surface area contributed by atoms with Crippen LogP contribution in [0.15, 0.2) is 23.5 Å². The molecule has 3 heteroatoms. The first kappa shape index (κ1) is 7.31. The van der Waals surface area contributed by atoms with Crippen molar-refractivity contribution in [2.45, 2.75) is 19.1 Å². The van der Waals surface area contributed by atoms with E-state index in [1.807, 2.05) is 0 Å². The molecule has 3 nitrogen and oxygen atoms in total. The van der Waals surface area contributed by atoms with Crippen LogP contribution < -0.4 is 5.73 Å². The summed E-state index contributed by atoms with van der Waals surface area (Å²) in [5.74, 6) is 0.121. The maximum absolute atomic E-state index is 9.32. The Kier molecular flexibility index (Phi) is 1.54. The van der Waals surface area contributed by atoms with E-state index in [0.29, 0.717) is 5.57 Å². The molecule has 1 atom stereocenters. The molecule has 1 aliphatic rings. The lowest BCUT2D eigenvalue weighted by molar-refractivity contribution is 0.0717. The Morgan fingerprint density at radius 3 is 2.60 bits per heavy atom. The molecule has 0 amide bonds. The molecule has 0 saturated carbocycles. The van der Waals surface area contributed by atoms with Crippen molar-refractivity contribution in [1.29, 1.82) is 0 Å². The van der Waals surface area contributed by atoms with Crippen LogP contribution in [0, 0.1) is 0 Å². The zero-order valence-corrected chi connectivity index (χ0v) is 5.83. The summed E-state index contributed by atoms with van der Waals surface area (Å²) in [5.41, 5.74) is 4.72. The first-order valence-corrected chi connectivity index (χ1v) is 3.10. The Labute approximate surface area is 59.5 Å². The Balaban J connectivity index is 2.89. The van der Waals surface area contributed by atoms with Crippen LogP contribution in [-0.2, 0) is 0 Å². The Morgan fingerprint density at radius 1 is 1.60 bits per heavy atom. The Hall–Kier alpha value is -0.800. The molecule has 0 aromatic carbocycles. The van der Waals surface area contributed by atoms with Crippen molar-refractivity contribution in [2.24, 2.45) is 5.73 Å². The molecule has 1 aliphatic carbocycles. The highest BCUT2D eigenvalue weighted by Crippen LogP contribution is 2.22. The summed E-state index contributed by atoms with van der Waals surface area (Å²) in [7, 11) is 0. The van der Waals surface area contributed by atoms with Gasteiger partial charge in [-0.05, 0) is 18.6 Å². The van der Waals surface area contributed by atoms with E-state index in [1.165, 1.54) is 6.08 Å². The number of aliphatic hydroxyl groups is 2. The fourth-order valence-electron chi connectivity index (χ4n) is 0.840. The predicted octanol–water partition coefficient (Wildman–Crippen LogP) is 0.426. The number of nitrogens with two attached hydrogens (primary N) is 1. The Bertz CT molecular complexity index is 204. The second kappa shape index (κ2) is 2.11. The standard InChI is InChI=1S/C7H11NO2/c1-5-2-3-6(9)4-7(5,8)10/h2-3,9-10H,4,8H2,1H3. The van der Waals surface area contributed by atoms with Gasteiger partial charge in [0, 0.05) is 0 Å². The van der Waals surface area contributed by atoms with Crippen molar-refractivity contribution >= 4 is 0 Å². The molecule has 0 aliphatic heterocycles. The Morgan fingerprint density at radius 2 is 2.20 bits per heavy atom. The van der Waals surface area contributed by atoms with Crippen LogP contribution in [-0.4, -0.2) is 15.9 Å². The van der Waals surface area contributed by atoms with Gasteiger partial charge in [-0.2, -0.15) is 0 Å². The highest BCUT2D eigenvalue weighted by Gasteiger charge is 2.26. The normalized spacial score (nSPS) is 33.1. The molecule has 10 heavy (non-hydrogen) atoms. The highest BCUT2D eigenvalue weighted by molar-refractivity contribution is 5.27. The largest absolute Gasteiger partial charge is 0.512 e. The van der Waals surface area contributed by atoms with Crippen LogP contribution in [0.4, 0.5) is 0 Å². The zero-order valence-electron chi connectivity index (χ0n) is 5.83. The number of allylic oxidation sites excluding steroid dienone is 2. The van der Waals surface area contributed by atoms with E-state index < -0.39 is 5.72 Å². The van der Waals surface area contributed by atoms with Crippen LogP contribution in [0.25, 0.3) is 0 Å². The smallest absolute Gasteiger partial charge is 0.142 e. The zero-order chi connectivity index (χ0) is 7.78. The van der Waals surface area contributed by atoms with Crippen molar-refractivity contribution in [1.82, 2.24) is 0 Å². The first-order valence-electron chi connectivity index (χ1n) is 3.10. The second-order valence-electron chi connectivity index (χ2n) is 2.61. The molecule has 0 fully saturated rings. The van der Waals surface area contributed by atoms with Crippen molar-refractivity contribution in [2.75, 3.05) is 0 Å². The maximum Gasteiger partial charge on any atom is 0.142 e. The topological polar surface area (TPSA) is 66.5 Å². The summed E-state index contributed by atoms with van der Waals surface area (Å²) in [6.45, 7) is 1.73. The van der Waals surface area contributed by atoms with Crippen LogP contribution in [0.1, 0.15) is 13.3 Å². The van der Waals surface area contributed by atoms with E-state index in [4.69, 9.17) is 10.8 Å². The molecule has 0 radical (unpaired) electrons. The molecule has 0 heterocycles. The number of hydrogen-bond acceptors (Lipinski definition) is 3. The lowest BCUT2D eigenvalue weighted by Gasteiger charge is -2.26. The molecule has 0 aromatic rings. The highest BCUT2D eigenvalue weighted by atomic mass is 16.3. The predicted molar refractivity (Wildman–Crippen MR) is 38.2 cm³/mol. The number of rotatable bonds is 0. The van der Waals surface area contributed by atoms with E-state index in [-0.39, 0.29) is 12.2 Å². The van der Waals surface area contributed by atoms with E-state index in [0.717, 1.165) is 0 Å². The third-order valence-corrected chi connectivity index (χ3v) is 1.66. The molecule has 1 unspecified atom stereocenters. The third kappa shape index (κ3) is 1.20. The minimum atomic E-state index is -1.35. The van der Waals surface area contributed by atoms with Crippen molar-refractivity contribution in [3.63, 3.8) is 0 Å². The van der Waals surface area contributed by atoms with E-state index >= 15 is 0 Å². The molecule has 56 valence electrons. The summed E-state index contributed by atoms with van der Waals surface area (Å²) in [4.78, 5) is 0. The van der Waals surface area contributed by atoms with Gasteiger partial charge in [0.25, 0.3) is 0 Å². The van der Waals surface area contributed by atoms with Gasteiger partial charge >= 0.3 is 0 Å². The van der Waals surface area contributed by atoms with Gasteiger partial charge in [0.15, 0.2) is 0 Å². The summed E-state index contributed by atoms with van der Waals surface area (Å²) in [5, 5.41) is 18.3. The van der Waals surface area contributed by atoms with Crippen LogP contribution in [0.5, 0.6) is 0 Å². The summed E-state index contributed by atoms with van der Waals surface area (Å²) >= 11 is 0. The average molecular weight is 141 g/mol. The number of aliphatic hydroxyl groups excluding tert-OH is 1. The molecule has 0 saturated heterocycles. The molecule has 1 rings (SSSR count). The minimum Gasteiger partial charge on any atom is -0.512 e. The third-order valence-electron chi connectivity index (χ3n) is 1.66. The molecule has 4 N–H and O–H groups in total. The van der Waals surface area contributed by atoms with Crippen molar-refractivity contribution < 1.29 is 10.2 Å². The van der Waals surface area contributed by atoms with Crippen LogP contribution in [0.2, 0.25) is 0 Å². The van der Waals surface area contributed by atoms with Gasteiger partial charge in [0.05, 0.1) is 12.2 Å². The fourth-order valence-corrected chi connectivity index (χ4v) is 0.840. The SMILES string of the molecule is CC1=CC=C(O)CC1(N)O. The summed E-state index contributed by atoms with van der Waals surface area (Å²) in [6.07, 6.45) is 3.25. The van der Waals surface area contributed by atoms with E-state index in [9.17, 15) is 5.11 Å². The van der Waals surface area contributed by atoms with Gasteiger partial charge in [-0.3, -0.25) is 5.73 Å².